The summed E-state index contributed by atoms with van der Waals surface area (Å²) < 4.78 is 31.2. The van der Waals surface area contributed by atoms with Crippen molar-refractivity contribution in [3.05, 3.63) is 29.2 Å². The molecule has 0 spiro atoms. The predicted molar refractivity (Wildman–Crippen MR) is 102 cm³/mol. The van der Waals surface area contributed by atoms with Crippen LogP contribution in [0.25, 0.3) is 0 Å². The average Bonchev–Trinajstić information content (AvgIpc) is 3.01. The zero-order chi connectivity index (χ0) is 20.4. The lowest BCUT2D eigenvalue weighted by Gasteiger charge is -2.24. The maximum absolute atomic E-state index is 12.7. The lowest BCUT2D eigenvalue weighted by atomic mass is 9.80. The first-order valence-corrected chi connectivity index (χ1v) is 11.7. The van der Waals surface area contributed by atoms with E-state index in [1.165, 1.54) is 10.6 Å². The van der Waals surface area contributed by atoms with Crippen molar-refractivity contribution in [2.24, 2.45) is 5.92 Å². The van der Waals surface area contributed by atoms with Crippen LogP contribution in [0.3, 0.4) is 0 Å². The molecule has 3 aliphatic rings. The normalized spacial score (nSPS) is 29.9. The fraction of sp³-hybridized carbons (Fsp3) is 0.667. The van der Waals surface area contributed by atoms with Crippen molar-refractivity contribution in [2.75, 3.05) is 19.3 Å². The second-order valence-electron chi connectivity index (χ2n) is 8.65. The van der Waals surface area contributed by atoms with Crippen LogP contribution >= 0.6 is 0 Å². The van der Waals surface area contributed by atoms with Gasteiger partial charge in [0.25, 0.3) is 5.91 Å². The topological polar surface area (TPSA) is 134 Å². The molecule has 3 unspecified atom stereocenters. The molecule has 3 atom stereocenters. The third-order valence-corrected chi connectivity index (χ3v) is 7.67. The molecule has 10 nitrogen and oxygen atoms in total. The summed E-state index contributed by atoms with van der Waals surface area (Å²) in [6.07, 6.45) is 4.69. The predicted octanol–water partition coefficient (Wildman–Crippen LogP) is 0.700. The number of rotatable bonds is 5. The first-order chi connectivity index (χ1) is 13.7. The summed E-state index contributed by atoms with van der Waals surface area (Å²) >= 11 is 0. The van der Waals surface area contributed by atoms with Crippen molar-refractivity contribution in [2.45, 2.75) is 50.0 Å². The Morgan fingerprint density at radius 2 is 2.21 bits per heavy atom. The molecule has 1 amide bonds. The van der Waals surface area contributed by atoms with Crippen LogP contribution in [-0.2, 0) is 15.4 Å². The van der Waals surface area contributed by atoms with Gasteiger partial charge in [0.05, 0.1) is 11.7 Å². The van der Waals surface area contributed by atoms with Crippen LogP contribution in [0.15, 0.2) is 10.6 Å². The van der Waals surface area contributed by atoms with Gasteiger partial charge in [-0.3, -0.25) is 9.89 Å². The van der Waals surface area contributed by atoms with Crippen molar-refractivity contribution in [1.29, 1.82) is 0 Å². The Morgan fingerprint density at radius 1 is 1.41 bits per heavy atom. The number of fused-ring (bicyclic) bond motifs is 1. The molecule has 2 saturated carbocycles. The van der Waals surface area contributed by atoms with Crippen molar-refractivity contribution < 1.29 is 17.7 Å². The number of amides is 1. The number of hydrogen-bond acceptors (Lipinski definition) is 7. The van der Waals surface area contributed by atoms with E-state index in [9.17, 15) is 13.2 Å². The third kappa shape index (κ3) is 3.25. The van der Waals surface area contributed by atoms with Crippen LogP contribution in [0.1, 0.15) is 59.5 Å². The summed E-state index contributed by atoms with van der Waals surface area (Å²) in [5.41, 5.74) is 0.831. The minimum atomic E-state index is -3.32. The molecule has 0 aromatic carbocycles. The van der Waals surface area contributed by atoms with E-state index in [0.717, 1.165) is 18.5 Å². The van der Waals surface area contributed by atoms with Crippen molar-refractivity contribution in [1.82, 2.24) is 30.0 Å². The monoisotopic (exact) mass is 420 g/mol. The summed E-state index contributed by atoms with van der Waals surface area (Å²) in [6.45, 7) is 2.42. The summed E-state index contributed by atoms with van der Waals surface area (Å²) in [7, 11) is -3.32. The fourth-order valence-electron chi connectivity index (χ4n) is 4.83. The Labute approximate surface area is 168 Å². The number of carbonyl (C=O) groups excluding carboxylic acids is 1. The Kier molecular flexibility index (Phi) is 4.11. The van der Waals surface area contributed by atoms with Gasteiger partial charge < -0.3 is 9.84 Å². The molecule has 3 fully saturated rings. The Bertz CT molecular complexity index is 1060. The van der Waals surface area contributed by atoms with E-state index in [-0.39, 0.29) is 17.9 Å². The maximum atomic E-state index is 12.7. The Balaban J connectivity index is 1.36. The molecule has 156 valence electrons. The van der Waals surface area contributed by atoms with Gasteiger partial charge in [-0.1, -0.05) is 5.16 Å². The first kappa shape index (κ1) is 18.7. The van der Waals surface area contributed by atoms with Crippen LogP contribution in [0, 0.1) is 12.8 Å². The minimum absolute atomic E-state index is 0.00332. The number of sulfonamides is 1. The minimum Gasteiger partial charge on any atom is -0.348 e. The second kappa shape index (κ2) is 6.36. The van der Waals surface area contributed by atoms with E-state index in [1.54, 1.807) is 6.92 Å². The van der Waals surface area contributed by atoms with Gasteiger partial charge in [-0.25, -0.2) is 12.7 Å². The summed E-state index contributed by atoms with van der Waals surface area (Å²) in [5, 5.41) is 14.1. The fourth-order valence-corrected chi connectivity index (χ4v) is 5.75. The molecule has 2 aromatic heterocycles. The highest BCUT2D eigenvalue weighted by Crippen LogP contribution is 2.50. The summed E-state index contributed by atoms with van der Waals surface area (Å²) in [4.78, 5) is 17.1. The molecule has 29 heavy (non-hydrogen) atoms. The molecule has 2 aromatic rings. The van der Waals surface area contributed by atoms with Gasteiger partial charge in [0.15, 0.2) is 5.82 Å². The molecular formula is C18H24N6O4S. The number of aromatic nitrogens is 4. The van der Waals surface area contributed by atoms with Crippen LogP contribution in [-0.4, -0.2) is 64.4 Å². The van der Waals surface area contributed by atoms with Gasteiger partial charge in [-0.15, -0.1) is 0 Å². The number of aryl methyl sites for hydroxylation is 1. The molecule has 1 saturated heterocycles. The number of hydrogen-bond donors (Lipinski definition) is 2. The highest BCUT2D eigenvalue weighted by Gasteiger charge is 2.59. The van der Waals surface area contributed by atoms with E-state index in [0.29, 0.717) is 49.3 Å². The number of aromatic amines is 1. The zero-order valence-electron chi connectivity index (χ0n) is 16.4. The van der Waals surface area contributed by atoms with Gasteiger partial charge in [0.2, 0.25) is 15.9 Å². The summed E-state index contributed by atoms with van der Waals surface area (Å²) in [5.74, 6) is 1.26. The van der Waals surface area contributed by atoms with Gasteiger partial charge in [-0.2, -0.15) is 10.1 Å². The number of nitrogens with zero attached hydrogens (tertiary/aromatic N) is 4. The van der Waals surface area contributed by atoms with E-state index >= 15 is 0 Å². The molecule has 1 aliphatic heterocycles. The number of H-pyrrole nitrogens is 1. The summed E-state index contributed by atoms with van der Waals surface area (Å²) in [6, 6.07) is 1.72. The molecule has 2 aliphatic carbocycles. The highest BCUT2D eigenvalue weighted by molar-refractivity contribution is 7.88. The van der Waals surface area contributed by atoms with E-state index in [2.05, 4.69) is 25.7 Å². The zero-order valence-corrected chi connectivity index (χ0v) is 17.2. The molecule has 3 heterocycles. The standard InChI is InChI=1S/C18H24N6O4S/c1-10-19-17(28-23-10)18-7-13(5-12(18)8-24(9-18)29(2,26)27)20-16(25)15-6-14(21-22-15)11-3-4-11/h6,11-13H,3-5,7-9H2,1-2H3,(H,20,25)(H,21,22). The van der Waals surface area contributed by atoms with Crippen LogP contribution in [0.4, 0.5) is 0 Å². The SMILES string of the molecule is Cc1noc(C23CC(NC(=O)c4cc(C5CC5)[nH]n4)CC2CN(S(C)(=O)=O)C3)n1. The smallest absolute Gasteiger partial charge is 0.271 e. The Hall–Kier alpha value is -2.27. The molecule has 0 radical (unpaired) electrons. The van der Waals surface area contributed by atoms with Crippen molar-refractivity contribution in [3.63, 3.8) is 0 Å². The number of nitrogens with one attached hydrogen (secondary N) is 2. The lowest BCUT2D eigenvalue weighted by molar-refractivity contribution is 0.0929. The second-order valence-corrected chi connectivity index (χ2v) is 10.6. The molecule has 2 N–H and O–H groups in total. The van der Waals surface area contributed by atoms with E-state index in [1.807, 2.05) is 6.07 Å². The first-order valence-electron chi connectivity index (χ1n) is 9.87. The van der Waals surface area contributed by atoms with E-state index < -0.39 is 15.4 Å². The molecule has 0 bridgehead atoms. The average molecular weight is 420 g/mol. The molecule has 5 rings (SSSR count). The van der Waals surface area contributed by atoms with E-state index in [4.69, 9.17) is 4.52 Å². The van der Waals surface area contributed by atoms with Gasteiger partial charge in [-0.05, 0) is 44.6 Å². The molecular weight excluding hydrogens is 396 g/mol. The van der Waals surface area contributed by atoms with Gasteiger partial charge in [0.1, 0.15) is 5.69 Å². The maximum Gasteiger partial charge on any atom is 0.271 e. The van der Waals surface area contributed by atoms with Crippen LogP contribution < -0.4 is 5.32 Å². The highest BCUT2D eigenvalue weighted by atomic mass is 32.2. The quantitative estimate of drug-likeness (QED) is 0.727. The lowest BCUT2D eigenvalue weighted by Crippen LogP contribution is -2.39. The van der Waals surface area contributed by atoms with Crippen LogP contribution in [0.5, 0.6) is 0 Å². The van der Waals surface area contributed by atoms with Crippen LogP contribution in [0.2, 0.25) is 0 Å². The van der Waals surface area contributed by atoms with Crippen molar-refractivity contribution in [3.8, 4) is 0 Å². The molecule has 11 heteroatoms. The third-order valence-electron chi connectivity index (χ3n) is 6.45. The van der Waals surface area contributed by atoms with Crippen molar-refractivity contribution >= 4 is 15.9 Å². The van der Waals surface area contributed by atoms with Gasteiger partial charge >= 0.3 is 0 Å². The number of carbonyl (C=O) groups is 1. The van der Waals surface area contributed by atoms with Gasteiger partial charge in [0, 0.05) is 30.7 Å². The largest absolute Gasteiger partial charge is 0.348 e. The Morgan fingerprint density at radius 3 is 2.86 bits per heavy atom.